The second kappa shape index (κ2) is 6.65. The molecule has 1 N–H and O–H groups in total. The van der Waals surface area contributed by atoms with Crippen LogP contribution in [0.25, 0.3) is 0 Å². The predicted molar refractivity (Wildman–Crippen MR) is 79.2 cm³/mol. The van der Waals surface area contributed by atoms with Gasteiger partial charge in [0.05, 0.1) is 6.04 Å². The molecule has 1 aromatic carbocycles. The third-order valence-corrected chi connectivity index (χ3v) is 4.55. The molecule has 1 heterocycles. The van der Waals surface area contributed by atoms with Gasteiger partial charge in [0.1, 0.15) is 11.6 Å². The summed E-state index contributed by atoms with van der Waals surface area (Å²) in [5, 5.41) is 2.43. The number of carbonyl (C=O) groups is 1. The number of benzene rings is 1. The molecular formula is C15H15FN2O3S. The Bertz CT molecular complexity index is 746. The van der Waals surface area contributed by atoms with E-state index >= 15 is 0 Å². The van der Waals surface area contributed by atoms with Gasteiger partial charge >= 0.3 is 0 Å². The van der Waals surface area contributed by atoms with Gasteiger partial charge in [0.2, 0.25) is 15.7 Å². The topological polar surface area (TPSA) is 76.1 Å². The van der Waals surface area contributed by atoms with Crippen molar-refractivity contribution in [3.8, 4) is 0 Å². The highest BCUT2D eigenvalue weighted by Gasteiger charge is 2.21. The molecule has 2 aromatic rings. The van der Waals surface area contributed by atoms with Gasteiger partial charge in [-0.3, -0.25) is 4.79 Å². The number of nitrogens with one attached hydrogen (secondary N) is 1. The molecule has 0 radical (unpaired) electrons. The number of hydrogen-bond acceptors (Lipinski definition) is 4. The minimum absolute atomic E-state index is 0.139. The average molecular weight is 322 g/mol. The molecule has 0 bridgehead atoms. The van der Waals surface area contributed by atoms with Crippen LogP contribution in [0.2, 0.25) is 0 Å². The molecule has 116 valence electrons. The summed E-state index contributed by atoms with van der Waals surface area (Å²) in [6.07, 6.45) is 1.35. The fraction of sp³-hybridized carbons (Fsp3) is 0.200. The van der Waals surface area contributed by atoms with Crippen molar-refractivity contribution < 1.29 is 17.6 Å². The lowest BCUT2D eigenvalue weighted by atomic mass is 10.1. The molecule has 0 aliphatic heterocycles. The summed E-state index contributed by atoms with van der Waals surface area (Å²) < 4.78 is 36.9. The smallest absolute Gasteiger partial charge is 0.236 e. The Balaban J connectivity index is 2.02. The van der Waals surface area contributed by atoms with Gasteiger partial charge in [-0.05, 0) is 36.8 Å². The standard InChI is InChI=1S/C15H15FN2O3S/c1-11(12-5-7-13(16)8-6-12)18-14(19)10-22(20,21)15-4-2-3-9-17-15/h2-9,11H,10H2,1H3,(H,18,19). The molecule has 0 aliphatic carbocycles. The van der Waals surface area contributed by atoms with Crippen LogP contribution < -0.4 is 5.32 Å². The molecule has 7 heteroatoms. The summed E-state index contributed by atoms with van der Waals surface area (Å²) in [6.45, 7) is 1.69. The van der Waals surface area contributed by atoms with Gasteiger partial charge in [0.15, 0.2) is 5.03 Å². The molecule has 5 nitrogen and oxygen atoms in total. The van der Waals surface area contributed by atoms with E-state index in [2.05, 4.69) is 10.3 Å². The number of pyridine rings is 1. The summed E-state index contributed by atoms with van der Waals surface area (Å²) in [4.78, 5) is 15.6. The Morgan fingerprint density at radius 1 is 1.23 bits per heavy atom. The van der Waals surface area contributed by atoms with Gasteiger partial charge in [-0.15, -0.1) is 0 Å². The maximum Gasteiger partial charge on any atom is 0.236 e. The maximum atomic E-state index is 12.8. The van der Waals surface area contributed by atoms with Crippen LogP contribution >= 0.6 is 0 Å². The van der Waals surface area contributed by atoms with Crippen LogP contribution in [-0.2, 0) is 14.6 Å². The van der Waals surface area contributed by atoms with Gasteiger partial charge in [0.25, 0.3) is 0 Å². The van der Waals surface area contributed by atoms with Crippen LogP contribution in [0, 0.1) is 5.82 Å². The Labute approximate surface area is 128 Å². The predicted octanol–water partition coefficient (Wildman–Crippen LogP) is 1.87. The van der Waals surface area contributed by atoms with Crippen molar-refractivity contribution in [2.45, 2.75) is 18.0 Å². The second-order valence-electron chi connectivity index (χ2n) is 4.77. The number of carbonyl (C=O) groups excluding carboxylic acids is 1. The SMILES string of the molecule is CC(NC(=O)CS(=O)(=O)c1ccccn1)c1ccc(F)cc1. The van der Waals surface area contributed by atoms with Crippen molar-refractivity contribution in [3.63, 3.8) is 0 Å². The molecule has 2 rings (SSSR count). The molecule has 22 heavy (non-hydrogen) atoms. The molecule has 1 aromatic heterocycles. The first-order valence-electron chi connectivity index (χ1n) is 6.57. The van der Waals surface area contributed by atoms with E-state index in [0.717, 1.165) is 0 Å². The highest BCUT2D eigenvalue weighted by Crippen LogP contribution is 2.13. The Morgan fingerprint density at radius 3 is 2.50 bits per heavy atom. The fourth-order valence-electron chi connectivity index (χ4n) is 1.90. The van der Waals surface area contributed by atoms with Crippen LogP contribution in [0.4, 0.5) is 4.39 Å². The highest BCUT2D eigenvalue weighted by molar-refractivity contribution is 7.92. The van der Waals surface area contributed by atoms with Crippen LogP contribution in [0.3, 0.4) is 0 Å². The molecule has 0 saturated carbocycles. The third-order valence-electron chi connectivity index (χ3n) is 3.03. The van der Waals surface area contributed by atoms with Gasteiger partial charge in [-0.2, -0.15) is 0 Å². The number of aromatic nitrogens is 1. The van der Waals surface area contributed by atoms with Crippen LogP contribution in [0.15, 0.2) is 53.7 Å². The lowest BCUT2D eigenvalue weighted by molar-refractivity contribution is -0.119. The summed E-state index contributed by atoms with van der Waals surface area (Å²) in [6, 6.07) is 9.68. The zero-order valence-electron chi connectivity index (χ0n) is 11.9. The van der Waals surface area contributed by atoms with E-state index in [9.17, 15) is 17.6 Å². The van der Waals surface area contributed by atoms with Crippen molar-refractivity contribution in [2.24, 2.45) is 0 Å². The van der Waals surface area contributed by atoms with E-state index in [0.29, 0.717) is 5.56 Å². The number of hydrogen-bond donors (Lipinski definition) is 1. The largest absolute Gasteiger partial charge is 0.349 e. The highest BCUT2D eigenvalue weighted by atomic mass is 32.2. The lowest BCUT2D eigenvalue weighted by Crippen LogP contribution is -2.32. The van der Waals surface area contributed by atoms with Crippen molar-refractivity contribution in [1.82, 2.24) is 10.3 Å². The Hall–Kier alpha value is -2.28. The van der Waals surface area contributed by atoms with Crippen molar-refractivity contribution >= 4 is 15.7 Å². The zero-order valence-corrected chi connectivity index (χ0v) is 12.7. The molecule has 0 fully saturated rings. The monoisotopic (exact) mass is 322 g/mol. The van der Waals surface area contributed by atoms with Gasteiger partial charge in [-0.25, -0.2) is 17.8 Å². The van der Waals surface area contributed by atoms with Crippen molar-refractivity contribution in [1.29, 1.82) is 0 Å². The normalized spacial score (nSPS) is 12.6. The number of nitrogens with zero attached hydrogens (tertiary/aromatic N) is 1. The van der Waals surface area contributed by atoms with Gasteiger partial charge in [-0.1, -0.05) is 18.2 Å². The summed E-state index contributed by atoms with van der Waals surface area (Å²) in [5.41, 5.74) is 0.685. The summed E-state index contributed by atoms with van der Waals surface area (Å²) in [7, 11) is -3.78. The molecular weight excluding hydrogens is 307 g/mol. The third kappa shape index (κ3) is 4.11. The van der Waals surface area contributed by atoms with Gasteiger partial charge < -0.3 is 5.32 Å². The van der Waals surface area contributed by atoms with Crippen LogP contribution in [-0.4, -0.2) is 25.1 Å². The second-order valence-corrected chi connectivity index (χ2v) is 6.70. The lowest BCUT2D eigenvalue weighted by Gasteiger charge is -2.14. The molecule has 0 aliphatic rings. The molecule has 0 spiro atoms. The zero-order chi connectivity index (χ0) is 16.2. The van der Waals surface area contributed by atoms with E-state index in [4.69, 9.17) is 0 Å². The van der Waals surface area contributed by atoms with Crippen molar-refractivity contribution in [3.05, 3.63) is 60.0 Å². The molecule has 1 atom stereocenters. The van der Waals surface area contributed by atoms with E-state index in [1.165, 1.54) is 36.5 Å². The number of rotatable bonds is 5. The summed E-state index contributed by atoms with van der Waals surface area (Å²) in [5.74, 6) is -1.70. The number of halogens is 1. The molecule has 1 amide bonds. The molecule has 0 saturated heterocycles. The fourth-order valence-corrected chi connectivity index (χ4v) is 2.98. The Morgan fingerprint density at radius 2 is 1.91 bits per heavy atom. The Kier molecular flexibility index (Phi) is 4.87. The van der Waals surface area contributed by atoms with E-state index in [1.54, 1.807) is 19.1 Å². The number of sulfone groups is 1. The molecule has 1 unspecified atom stereocenters. The maximum absolute atomic E-state index is 12.8. The first kappa shape index (κ1) is 16.1. The minimum atomic E-state index is -3.78. The quantitative estimate of drug-likeness (QED) is 0.912. The van der Waals surface area contributed by atoms with E-state index in [1.807, 2.05) is 0 Å². The first-order chi connectivity index (χ1) is 10.4. The summed E-state index contributed by atoms with van der Waals surface area (Å²) >= 11 is 0. The number of amides is 1. The van der Waals surface area contributed by atoms with E-state index < -0.39 is 27.5 Å². The minimum Gasteiger partial charge on any atom is -0.349 e. The van der Waals surface area contributed by atoms with E-state index in [-0.39, 0.29) is 10.8 Å². The van der Waals surface area contributed by atoms with Crippen LogP contribution in [0.1, 0.15) is 18.5 Å². The van der Waals surface area contributed by atoms with Crippen molar-refractivity contribution in [2.75, 3.05) is 5.75 Å². The van der Waals surface area contributed by atoms with Crippen LogP contribution in [0.5, 0.6) is 0 Å². The average Bonchev–Trinajstić information content (AvgIpc) is 2.48. The first-order valence-corrected chi connectivity index (χ1v) is 8.22. The van der Waals surface area contributed by atoms with Gasteiger partial charge in [0, 0.05) is 6.20 Å².